The summed E-state index contributed by atoms with van der Waals surface area (Å²) in [6, 6.07) is 16.8. The number of fused-ring (bicyclic) bond motifs is 1. The topological polar surface area (TPSA) is 63.2 Å². The monoisotopic (exact) mass is 305 g/mol. The van der Waals surface area contributed by atoms with E-state index in [1.807, 2.05) is 48.5 Å². The standard InChI is InChI=1S/C18H15N3O2/c1-12(22)21(13(2)23)18-15-10-6-7-11-16(15)19-17(20-18)14-8-4-3-5-9-14/h3-11H,1-2H3. The van der Waals surface area contributed by atoms with Crippen LogP contribution in [0.2, 0.25) is 0 Å². The van der Waals surface area contributed by atoms with E-state index in [-0.39, 0.29) is 11.8 Å². The highest BCUT2D eigenvalue weighted by Crippen LogP contribution is 2.27. The molecule has 1 aromatic heterocycles. The van der Waals surface area contributed by atoms with Crippen molar-refractivity contribution >= 4 is 28.5 Å². The molecule has 0 unspecified atom stereocenters. The Labute approximate surface area is 133 Å². The Morgan fingerprint density at radius 2 is 1.43 bits per heavy atom. The Kier molecular flexibility index (Phi) is 3.85. The van der Waals surface area contributed by atoms with Gasteiger partial charge in [0.25, 0.3) is 0 Å². The summed E-state index contributed by atoms with van der Waals surface area (Å²) < 4.78 is 0. The third kappa shape index (κ3) is 2.81. The number of imide groups is 1. The molecule has 0 aliphatic carbocycles. The maximum absolute atomic E-state index is 11.9. The molecule has 5 nitrogen and oxygen atoms in total. The number of aromatic nitrogens is 2. The summed E-state index contributed by atoms with van der Waals surface area (Å²) in [7, 11) is 0. The van der Waals surface area contributed by atoms with Gasteiger partial charge in [-0.05, 0) is 12.1 Å². The van der Waals surface area contributed by atoms with E-state index < -0.39 is 0 Å². The van der Waals surface area contributed by atoms with Gasteiger partial charge in [-0.25, -0.2) is 14.9 Å². The van der Waals surface area contributed by atoms with Gasteiger partial charge in [-0.1, -0.05) is 42.5 Å². The van der Waals surface area contributed by atoms with Crippen LogP contribution in [0.25, 0.3) is 22.3 Å². The van der Waals surface area contributed by atoms with Crippen molar-refractivity contribution in [2.24, 2.45) is 0 Å². The number of rotatable bonds is 2. The fourth-order valence-corrected chi connectivity index (χ4v) is 2.47. The molecule has 23 heavy (non-hydrogen) atoms. The third-order valence-electron chi connectivity index (χ3n) is 3.46. The first kappa shape index (κ1) is 14.8. The number of para-hydroxylation sites is 1. The van der Waals surface area contributed by atoms with Crippen LogP contribution in [0.5, 0.6) is 0 Å². The van der Waals surface area contributed by atoms with Gasteiger partial charge < -0.3 is 0 Å². The largest absolute Gasteiger partial charge is 0.274 e. The number of carbonyl (C=O) groups is 2. The zero-order valence-electron chi connectivity index (χ0n) is 12.9. The second-order valence-corrected chi connectivity index (χ2v) is 5.13. The van der Waals surface area contributed by atoms with Gasteiger partial charge in [0.05, 0.1) is 5.52 Å². The van der Waals surface area contributed by atoms with Gasteiger partial charge in [-0.3, -0.25) is 9.59 Å². The fraction of sp³-hybridized carbons (Fsp3) is 0.111. The van der Waals surface area contributed by atoms with Gasteiger partial charge in [0.2, 0.25) is 11.8 Å². The Bertz CT molecular complexity index is 877. The average molecular weight is 305 g/mol. The molecule has 0 N–H and O–H groups in total. The molecular formula is C18H15N3O2. The van der Waals surface area contributed by atoms with Crippen LogP contribution in [0.15, 0.2) is 54.6 Å². The summed E-state index contributed by atoms with van der Waals surface area (Å²) in [5.74, 6) is 0.0435. The lowest BCUT2D eigenvalue weighted by atomic mass is 10.1. The van der Waals surface area contributed by atoms with E-state index in [4.69, 9.17) is 0 Å². The van der Waals surface area contributed by atoms with E-state index in [1.54, 1.807) is 6.07 Å². The van der Waals surface area contributed by atoms with Crippen molar-refractivity contribution in [2.45, 2.75) is 13.8 Å². The summed E-state index contributed by atoms with van der Waals surface area (Å²) in [4.78, 5) is 34.0. The van der Waals surface area contributed by atoms with Crippen LogP contribution in [0.4, 0.5) is 5.82 Å². The number of hydrogen-bond acceptors (Lipinski definition) is 4. The molecule has 1 heterocycles. The summed E-state index contributed by atoms with van der Waals surface area (Å²) in [6.45, 7) is 2.70. The van der Waals surface area contributed by atoms with Gasteiger partial charge in [-0.15, -0.1) is 0 Å². The SMILES string of the molecule is CC(=O)N(C(C)=O)c1nc(-c2ccccc2)nc2ccccc12. The lowest BCUT2D eigenvalue weighted by molar-refractivity contribution is -0.124. The van der Waals surface area contributed by atoms with Gasteiger partial charge in [0.1, 0.15) is 0 Å². The van der Waals surface area contributed by atoms with E-state index in [2.05, 4.69) is 9.97 Å². The minimum Gasteiger partial charge on any atom is -0.274 e. The molecule has 0 bridgehead atoms. The Morgan fingerprint density at radius 1 is 0.826 bits per heavy atom. The molecule has 3 rings (SSSR count). The first-order valence-corrected chi connectivity index (χ1v) is 7.21. The molecule has 0 saturated heterocycles. The Hall–Kier alpha value is -3.08. The smallest absolute Gasteiger partial charge is 0.231 e. The molecule has 0 fully saturated rings. The summed E-state index contributed by atoms with van der Waals surface area (Å²) in [6.07, 6.45) is 0. The molecule has 3 aromatic rings. The molecule has 2 aromatic carbocycles. The Balaban J connectivity index is 2.31. The molecule has 0 radical (unpaired) electrons. The maximum Gasteiger partial charge on any atom is 0.231 e. The maximum atomic E-state index is 11.9. The Morgan fingerprint density at radius 3 is 2.09 bits per heavy atom. The minimum atomic E-state index is -0.375. The van der Waals surface area contributed by atoms with Crippen molar-refractivity contribution in [3.8, 4) is 11.4 Å². The molecule has 5 heteroatoms. The van der Waals surface area contributed by atoms with Crippen LogP contribution < -0.4 is 4.90 Å². The zero-order chi connectivity index (χ0) is 16.4. The lowest BCUT2D eigenvalue weighted by Crippen LogP contribution is -2.34. The summed E-state index contributed by atoms with van der Waals surface area (Å²) >= 11 is 0. The van der Waals surface area contributed by atoms with Crippen molar-refractivity contribution in [3.05, 3.63) is 54.6 Å². The van der Waals surface area contributed by atoms with Crippen LogP contribution in [-0.4, -0.2) is 21.8 Å². The second-order valence-electron chi connectivity index (χ2n) is 5.13. The first-order valence-electron chi connectivity index (χ1n) is 7.21. The van der Waals surface area contributed by atoms with Gasteiger partial charge in [-0.2, -0.15) is 0 Å². The van der Waals surface area contributed by atoms with Gasteiger partial charge >= 0.3 is 0 Å². The third-order valence-corrected chi connectivity index (χ3v) is 3.46. The predicted molar refractivity (Wildman–Crippen MR) is 88.8 cm³/mol. The minimum absolute atomic E-state index is 0.314. The quantitative estimate of drug-likeness (QED) is 0.729. The highest BCUT2D eigenvalue weighted by Gasteiger charge is 2.22. The number of amides is 2. The normalized spacial score (nSPS) is 10.5. The van der Waals surface area contributed by atoms with E-state index in [0.29, 0.717) is 22.5 Å². The summed E-state index contributed by atoms with van der Waals surface area (Å²) in [5.41, 5.74) is 1.51. The second kappa shape index (κ2) is 5.96. The molecule has 0 atom stereocenters. The summed E-state index contributed by atoms with van der Waals surface area (Å²) in [5, 5.41) is 0.664. The number of benzene rings is 2. The number of carbonyl (C=O) groups excluding carboxylic acids is 2. The zero-order valence-corrected chi connectivity index (χ0v) is 12.9. The molecule has 0 saturated carbocycles. The highest BCUT2D eigenvalue weighted by atomic mass is 16.2. The fourth-order valence-electron chi connectivity index (χ4n) is 2.47. The number of nitrogens with zero attached hydrogens (tertiary/aromatic N) is 3. The van der Waals surface area contributed by atoms with E-state index >= 15 is 0 Å². The predicted octanol–water partition coefficient (Wildman–Crippen LogP) is 3.20. The molecular weight excluding hydrogens is 290 g/mol. The number of anilines is 1. The molecule has 114 valence electrons. The molecule has 0 aliphatic heterocycles. The molecule has 0 aliphatic rings. The van der Waals surface area contributed by atoms with Crippen LogP contribution in [-0.2, 0) is 9.59 Å². The molecule has 0 spiro atoms. The van der Waals surface area contributed by atoms with Crippen molar-refractivity contribution in [1.29, 1.82) is 0 Å². The van der Waals surface area contributed by atoms with Crippen molar-refractivity contribution < 1.29 is 9.59 Å². The van der Waals surface area contributed by atoms with Crippen LogP contribution >= 0.6 is 0 Å². The number of hydrogen-bond donors (Lipinski definition) is 0. The van der Waals surface area contributed by atoms with E-state index in [1.165, 1.54) is 13.8 Å². The van der Waals surface area contributed by atoms with Gasteiger partial charge in [0.15, 0.2) is 11.6 Å². The van der Waals surface area contributed by atoms with Crippen molar-refractivity contribution in [3.63, 3.8) is 0 Å². The highest BCUT2D eigenvalue weighted by molar-refractivity contribution is 6.16. The van der Waals surface area contributed by atoms with Crippen LogP contribution in [0.3, 0.4) is 0 Å². The van der Waals surface area contributed by atoms with E-state index in [0.717, 1.165) is 10.5 Å². The first-order chi connectivity index (χ1) is 11.1. The molecule has 2 amide bonds. The van der Waals surface area contributed by atoms with Crippen molar-refractivity contribution in [1.82, 2.24) is 9.97 Å². The average Bonchev–Trinajstić information content (AvgIpc) is 2.55. The van der Waals surface area contributed by atoms with Crippen LogP contribution in [0, 0.1) is 0 Å². The van der Waals surface area contributed by atoms with Crippen molar-refractivity contribution in [2.75, 3.05) is 4.90 Å². The lowest BCUT2D eigenvalue weighted by Gasteiger charge is -2.18. The van der Waals surface area contributed by atoms with Gasteiger partial charge in [0, 0.05) is 24.8 Å². The van der Waals surface area contributed by atoms with Crippen LogP contribution in [0.1, 0.15) is 13.8 Å². The van der Waals surface area contributed by atoms with E-state index in [9.17, 15) is 9.59 Å².